The highest BCUT2D eigenvalue weighted by atomic mass is 35.5. The van der Waals surface area contributed by atoms with Gasteiger partial charge < -0.3 is 5.32 Å². The Hall–Kier alpha value is -1.43. The summed E-state index contributed by atoms with van der Waals surface area (Å²) in [6, 6.07) is 8.78. The van der Waals surface area contributed by atoms with Gasteiger partial charge in [0.1, 0.15) is 0 Å². The Morgan fingerprint density at radius 1 is 1.47 bits per heavy atom. The minimum atomic E-state index is -0.386. The van der Waals surface area contributed by atoms with Crippen LogP contribution in [0.25, 0.3) is 0 Å². The number of thiophene rings is 1. The maximum Gasteiger partial charge on any atom is 0.273 e. The van der Waals surface area contributed by atoms with Gasteiger partial charge in [-0.25, -0.2) is 0 Å². The van der Waals surface area contributed by atoms with Gasteiger partial charge in [0.15, 0.2) is 0 Å². The Morgan fingerprint density at radius 3 is 2.89 bits per heavy atom. The summed E-state index contributed by atoms with van der Waals surface area (Å²) >= 11 is 7.55. The molecule has 1 aromatic carbocycles. The second-order valence-electron chi connectivity index (χ2n) is 4.15. The van der Waals surface area contributed by atoms with Crippen LogP contribution in [0.2, 0.25) is 5.02 Å². The number of rotatable bonds is 5. The maximum atomic E-state index is 10.9. The van der Waals surface area contributed by atoms with E-state index in [1.807, 2.05) is 24.4 Å². The molecule has 100 valence electrons. The van der Waals surface area contributed by atoms with Crippen LogP contribution in [0.1, 0.15) is 23.4 Å². The van der Waals surface area contributed by atoms with E-state index in [1.54, 1.807) is 17.4 Å². The van der Waals surface area contributed by atoms with Crippen LogP contribution in [0.4, 0.5) is 5.69 Å². The molecule has 0 aliphatic carbocycles. The summed E-state index contributed by atoms with van der Waals surface area (Å²) in [6.07, 6.45) is 0. The van der Waals surface area contributed by atoms with E-state index in [-0.39, 0.29) is 16.7 Å². The van der Waals surface area contributed by atoms with Gasteiger partial charge >= 0.3 is 0 Å². The predicted octanol–water partition coefficient (Wildman–Crippen LogP) is 4.16. The molecule has 0 radical (unpaired) electrons. The number of hydrogen-bond donors (Lipinski definition) is 1. The fraction of sp³-hybridized carbons (Fsp3) is 0.231. The van der Waals surface area contributed by atoms with Crippen molar-refractivity contribution in [3.05, 3.63) is 61.3 Å². The Labute approximate surface area is 120 Å². The molecule has 0 amide bonds. The van der Waals surface area contributed by atoms with Crippen molar-refractivity contribution in [3.63, 3.8) is 0 Å². The van der Waals surface area contributed by atoms with Gasteiger partial charge in [-0.3, -0.25) is 10.1 Å². The van der Waals surface area contributed by atoms with Gasteiger partial charge in [0, 0.05) is 34.1 Å². The molecule has 0 spiro atoms. The molecule has 1 heterocycles. The van der Waals surface area contributed by atoms with Gasteiger partial charge in [0.2, 0.25) is 0 Å². The van der Waals surface area contributed by atoms with E-state index in [9.17, 15) is 10.1 Å². The first-order valence-electron chi connectivity index (χ1n) is 5.77. The van der Waals surface area contributed by atoms with E-state index in [1.165, 1.54) is 17.0 Å². The van der Waals surface area contributed by atoms with Gasteiger partial charge in [-0.2, -0.15) is 0 Å². The molecule has 4 nitrogen and oxygen atoms in total. The van der Waals surface area contributed by atoms with Crippen LogP contribution in [0.5, 0.6) is 0 Å². The van der Waals surface area contributed by atoms with Crippen molar-refractivity contribution in [2.45, 2.75) is 19.5 Å². The number of nitrogens with one attached hydrogen (secondary N) is 1. The number of hydrogen-bond acceptors (Lipinski definition) is 4. The minimum Gasteiger partial charge on any atom is -0.305 e. The molecule has 0 aliphatic rings. The van der Waals surface area contributed by atoms with Crippen LogP contribution in [-0.2, 0) is 6.54 Å². The minimum absolute atomic E-state index is 0.0929. The van der Waals surface area contributed by atoms with Gasteiger partial charge in [-0.1, -0.05) is 17.7 Å². The first-order valence-corrected chi connectivity index (χ1v) is 7.03. The van der Waals surface area contributed by atoms with Crippen molar-refractivity contribution in [1.29, 1.82) is 0 Å². The van der Waals surface area contributed by atoms with Crippen LogP contribution >= 0.6 is 22.9 Å². The van der Waals surface area contributed by atoms with Crippen molar-refractivity contribution in [2.24, 2.45) is 0 Å². The molecule has 0 bridgehead atoms. The molecule has 0 fully saturated rings. The molecule has 1 N–H and O–H groups in total. The maximum absolute atomic E-state index is 10.9. The molecule has 2 aromatic rings. The Morgan fingerprint density at radius 2 is 2.26 bits per heavy atom. The third-order valence-electron chi connectivity index (χ3n) is 2.81. The standard InChI is InChI=1S/C13H13ClN2O2S/c1-9(13-3-2-6-19-13)15-8-10-7-11(14)4-5-12(10)16(17)18/h2-7,9,15H,8H2,1H3/t9-/m0/s1. The third kappa shape index (κ3) is 3.53. The zero-order valence-corrected chi connectivity index (χ0v) is 11.9. The van der Waals surface area contributed by atoms with Gasteiger partial charge in [-0.05, 0) is 30.5 Å². The lowest BCUT2D eigenvalue weighted by atomic mass is 10.1. The van der Waals surface area contributed by atoms with Gasteiger partial charge in [0.05, 0.1) is 4.92 Å². The number of nitrogens with zero attached hydrogens (tertiary/aromatic N) is 1. The zero-order chi connectivity index (χ0) is 13.8. The number of halogens is 1. The average molecular weight is 297 g/mol. The first kappa shape index (κ1) is 14.0. The summed E-state index contributed by atoms with van der Waals surface area (Å²) in [5.41, 5.74) is 0.691. The number of benzene rings is 1. The van der Waals surface area contributed by atoms with Crippen molar-refractivity contribution >= 4 is 28.6 Å². The summed E-state index contributed by atoms with van der Waals surface area (Å²) in [6.45, 7) is 2.44. The molecule has 6 heteroatoms. The summed E-state index contributed by atoms with van der Waals surface area (Å²) in [4.78, 5) is 11.8. The van der Waals surface area contributed by atoms with E-state index >= 15 is 0 Å². The van der Waals surface area contributed by atoms with Crippen LogP contribution in [-0.4, -0.2) is 4.92 Å². The smallest absolute Gasteiger partial charge is 0.273 e. The summed E-state index contributed by atoms with van der Waals surface area (Å²) in [5, 5.41) is 16.7. The van der Waals surface area contributed by atoms with Crippen molar-refractivity contribution in [1.82, 2.24) is 5.32 Å². The van der Waals surface area contributed by atoms with Gasteiger partial charge in [-0.15, -0.1) is 11.3 Å². The second kappa shape index (κ2) is 6.14. The highest BCUT2D eigenvalue weighted by molar-refractivity contribution is 7.10. The van der Waals surface area contributed by atoms with Crippen molar-refractivity contribution in [3.8, 4) is 0 Å². The number of nitro groups is 1. The molecule has 19 heavy (non-hydrogen) atoms. The normalized spacial score (nSPS) is 12.3. The molecular formula is C13H13ClN2O2S. The lowest BCUT2D eigenvalue weighted by molar-refractivity contribution is -0.385. The van der Waals surface area contributed by atoms with E-state index in [2.05, 4.69) is 5.32 Å². The highest BCUT2D eigenvalue weighted by Crippen LogP contribution is 2.24. The number of nitro benzene ring substituents is 1. The lowest BCUT2D eigenvalue weighted by Gasteiger charge is -2.12. The first-order chi connectivity index (χ1) is 9.08. The highest BCUT2D eigenvalue weighted by Gasteiger charge is 2.15. The molecule has 0 saturated heterocycles. The average Bonchev–Trinajstić information content (AvgIpc) is 2.89. The lowest BCUT2D eigenvalue weighted by Crippen LogP contribution is -2.17. The second-order valence-corrected chi connectivity index (χ2v) is 5.56. The molecule has 0 unspecified atom stereocenters. The van der Waals surface area contributed by atoms with Gasteiger partial charge in [0.25, 0.3) is 5.69 Å². The topological polar surface area (TPSA) is 55.2 Å². The van der Waals surface area contributed by atoms with E-state index in [4.69, 9.17) is 11.6 Å². The summed E-state index contributed by atoms with van der Waals surface area (Å²) in [5.74, 6) is 0. The quantitative estimate of drug-likeness (QED) is 0.666. The fourth-order valence-electron chi connectivity index (χ4n) is 1.78. The predicted molar refractivity (Wildman–Crippen MR) is 77.7 cm³/mol. The molecular weight excluding hydrogens is 284 g/mol. The molecule has 1 atom stereocenters. The zero-order valence-electron chi connectivity index (χ0n) is 10.3. The largest absolute Gasteiger partial charge is 0.305 e. The van der Waals surface area contributed by atoms with Crippen LogP contribution in [0, 0.1) is 10.1 Å². The summed E-state index contributed by atoms with van der Waals surface area (Å²) < 4.78 is 0. The SMILES string of the molecule is C[C@H](NCc1cc(Cl)ccc1[N+](=O)[O-])c1cccs1. The summed E-state index contributed by atoms with van der Waals surface area (Å²) in [7, 11) is 0. The molecule has 0 saturated carbocycles. The molecule has 1 aromatic heterocycles. The Bertz CT molecular complexity index is 572. The third-order valence-corrected chi connectivity index (χ3v) is 4.10. The van der Waals surface area contributed by atoms with E-state index < -0.39 is 0 Å². The van der Waals surface area contributed by atoms with E-state index in [0.717, 1.165) is 0 Å². The Balaban J connectivity index is 2.10. The molecule has 2 rings (SSSR count). The van der Waals surface area contributed by atoms with E-state index in [0.29, 0.717) is 17.1 Å². The van der Waals surface area contributed by atoms with Crippen LogP contribution < -0.4 is 5.32 Å². The van der Waals surface area contributed by atoms with Crippen LogP contribution in [0.3, 0.4) is 0 Å². The molecule has 0 aliphatic heterocycles. The monoisotopic (exact) mass is 296 g/mol. The van der Waals surface area contributed by atoms with Crippen molar-refractivity contribution in [2.75, 3.05) is 0 Å². The fourth-order valence-corrected chi connectivity index (χ4v) is 2.73. The van der Waals surface area contributed by atoms with Crippen LogP contribution in [0.15, 0.2) is 35.7 Å². The Kier molecular flexibility index (Phi) is 4.52. The van der Waals surface area contributed by atoms with Crippen molar-refractivity contribution < 1.29 is 4.92 Å².